The van der Waals surface area contributed by atoms with Crippen LogP contribution < -0.4 is 0 Å². The quantitative estimate of drug-likeness (QED) is 0.508. The fourth-order valence-corrected chi connectivity index (χ4v) is 2.84. The van der Waals surface area contributed by atoms with Crippen molar-refractivity contribution in [2.24, 2.45) is 9.36 Å². The SMILES string of the molecule is CSC(=NCCSCc1nc[nH]c1C)N=S(=O)=O. The normalized spacial score (nSPS) is 11.6. The predicted octanol–water partition coefficient (Wildman–Crippen LogP) is 1.73. The molecule has 0 amide bonds. The second-order valence-electron chi connectivity index (χ2n) is 3.20. The van der Waals surface area contributed by atoms with Gasteiger partial charge in [-0.1, -0.05) is 11.8 Å². The average Bonchev–Trinajstić information content (AvgIpc) is 2.72. The molecule has 0 fully saturated rings. The van der Waals surface area contributed by atoms with E-state index in [1.807, 2.05) is 6.92 Å². The van der Waals surface area contributed by atoms with Crippen molar-refractivity contribution in [3.05, 3.63) is 17.7 Å². The summed E-state index contributed by atoms with van der Waals surface area (Å²) in [5.74, 6) is 1.63. The first-order valence-corrected chi connectivity index (χ1v) is 8.50. The third-order valence-electron chi connectivity index (χ3n) is 1.99. The Kier molecular flexibility index (Phi) is 7.06. The number of nitrogens with one attached hydrogen (secondary N) is 1. The lowest BCUT2D eigenvalue weighted by molar-refractivity contribution is 0.623. The smallest absolute Gasteiger partial charge is 0.318 e. The highest BCUT2D eigenvalue weighted by atomic mass is 32.2. The Morgan fingerprint density at radius 2 is 2.33 bits per heavy atom. The van der Waals surface area contributed by atoms with E-state index >= 15 is 0 Å². The van der Waals surface area contributed by atoms with Crippen molar-refractivity contribution in [2.75, 3.05) is 18.6 Å². The van der Waals surface area contributed by atoms with Crippen molar-refractivity contribution < 1.29 is 8.42 Å². The van der Waals surface area contributed by atoms with E-state index in [4.69, 9.17) is 0 Å². The van der Waals surface area contributed by atoms with Crippen LogP contribution in [0, 0.1) is 6.92 Å². The van der Waals surface area contributed by atoms with Crippen LogP contribution in [0.15, 0.2) is 15.7 Å². The average molecular weight is 306 g/mol. The van der Waals surface area contributed by atoms with Crippen molar-refractivity contribution in [3.63, 3.8) is 0 Å². The second-order valence-corrected chi connectivity index (χ2v) is 5.70. The second kappa shape index (κ2) is 8.33. The molecule has 100 valence electrons. The van der Waals surface area contributed by atoms with Crippen molar-refractivity contribution >= 4 is 39.2 Å². The van der Waals surface area contributed by atoms with Gasteiger partial charge in [0.15, 0.2) is 5.17 Å². The van der Waals surface area contributed by atoms with E-state index in [1.54, 1.807) is 24.3 Å². The zero-order valence-corrected chi connectivity index (χ0v) is 12.5. The molecule has 1 N–H and O–H groups in total. The molecular weight excluding hydrogens is 292 g/mol. The number of hydrogen-bond donors (Lipinski definition) is 1. The van der Waals surface area contributed by atoms with Crippen LogP contribution in [-0.4, -0.2) is 42.1 Å². The van der Waals surface area contributed by atoms with Gasteiger partial charge in [-0.05, 0) is 13.2 Å². The largest absolute Gasteiger partial charge is 0.348 e. The molecule has 1 heterocycles. The van der Waals surface area contributed by atoms with Gasteiger partial charge in [-0.3, -0.25) is 4.99 Å². The van der Waals surface area contributed by atoms with Gasteiger partial charge in [-0.15, -0.1) is 4.36 Å². The fraction of sp³-hybridized carbons (Fsp3) is 0.556. The van der Waals surface area contributed by atoms with Crippen molar-refractivity contribution in [3.8, 4) is 0 Å². The molecule has 0 aliphatic carbocycles. The number of rotatable bonds is 5. The maximum Gasteiger partial charge on any atom is 0.318 e. The van der Waals surface area contributed by atoms with E-state index in [2.05, 4.69) is 19.3 Å². The number of aromatic nitrogens is 2. The van der Waals surface area contributed by atoms with Crippen LogP contribution in [0.4, 0.5) is 0 Å². The van der Waals surface area contributed by atoms with E-state index in [0.717, 1.165) is 22.9 Å². The van der Waals surface area contributed by atoms with E-state index in [0.29, 0.717) is 11.7 Å². The molecule has 0 spiro atoms. The van der Waals surface area contributed by atoms with Gasteiger partial charge in [0.1, 0.15) is 0 Å². The lowest BCUT2D eigenvalue weighted by Crippen LogP contribution is -1.93. The Bertz CT molecular complexity index is 528. The molecule has 6 nitrogen and oxygen atoms in total. The van der Waals surface area contributed by atoms with Gasteiger partial charge in [-0.25, -0.2) is 4.98 Å². The summed E-state index contributed by atoms with van der Waals surface area (Å²) in [5.41, 5.74) is 2.12. The first-order valence-electron chi connectivity index (χ1n) is 5.09. The molecular formula is C9H14N4O2S3. The third kappa shape index (κ3) is 5.69. The number of thioether (sulfide) groups is 2. The van der Waals surface area contributed by atoms with Crippen LogP contribution in [0.2, 0.25) is 0 Å². The van der Waals surface area contributed by atoms with Gasteiger partial charge in [0.2, 0.25) is 0 Å². The number of amidine groups is 1. The number of nitrogens with zero attached hydrogens (tertiary/aromatic N) is 3. The first-order chi connectivity index (χ1) is 8.63. The Balaban J connectivity index is 2.32. The number of imidazole rings is 1. The summed E-state index contributed by atoms with van der Waals surface area (Å²) in [6.45, 7) is 2.53. The Morgan fingerprint density at radius 3 is 2.89 bits per heavy atom. The van der Waals surface area contributed by atoms with Gasteiger partial charge in [0, 0.05) is 17.2 Å². The fourth-order valence-electron chi connectivity index (χ4n) is 1.10. The maximum atomic E-state index is 10.4. The van der Waals surface area contributed by atoms with E-state index in [1.165, 1.54) is 11.8 Å². The zero-order chi connectivity index (χ0) is 13.4. The molecule has 0 aromatic carbocycles. The lowest BCUT2D eigenvalue weighted by atomic mass is 10.4. The highest BCUT2D eigenvalue weighted by Gasteiger charge is 2.00. The summed E-state index contributed by atoms with van der Waals surface area (Å²) in [4.78, 5) is 11.3. The minimum absolute atomic E-state index is 0.292. The van der Waals surface area contributed by atoms with Crippen molar-refractivity contribution in [1.29, 1.82) is 0 Å². The zero-order valence-electron chi connectivity index (χ0n) is 10.1. The summed E-state index contributed by atoms with van der Waals surface area (Å²) in [6, 6.07) is 0. The van der Waals surface area contributed by atoms with Crippen molar-refractivity contribution in [1.82, 2.24) is 9.97 Å². The monoisotopic (exact) mass is 306 g/mol. The Morgan fingerprint density at radius 1 is 1.56 bits per heavy atom. The number of aryl methyl sites for hydroxylation is 1. The van der Waals surface area contributed by atoms with Crippen LogP contribution in [0.25, 0.3) is 0 Å². The number of H-pyrrole nitrogens is 1. The third-order valence-corrected chi connectivity index (χ3v) is 3.96. The summed E-state index contributed by atoms with van der Waals surface area (Å²) in [7, 11) is -2.43. The highest BCUT2D eigenvalue weighted by molar-refractivity contribution is 8.13. The molecule has 0 saturated heterocycles. The summed E-state index contributed by atoms with van der Waals surface area (Å²) >= 11 is 2.92. The highest BCUT2D eigenvalue weighted by Crippen LogP contribution is 2.12. The molecule has 0 radical (unpaired) electrons. The summed E-state index contributed by atoms with van der Waals surface area (Å²) in [6.07, 6.45) is 3.42. The minimum atomic E-state index is -2.43. The molecule has 9 heteroatoms. The Labute approximate surface area is 116 Å². The molecule has 1 aromatic rings. The molecule has 0 saturated carbocycles. The van der Waals surface area contributed by atoms with Crippen LogP contribution in [0.3, 0.4) is 0 Å². The van der Waals surface area contributed by atoms with E-state index < -0.39 is 10.5 Å². The van der Waals surface area contributed by atoms with Gasteiger partial charge < -0.3 is 4.98 Å². The van der Waals surface area contributed by atoms with Crippen LogP contribution in [-0.2, 0) is 16.3 Å². The maximum absolute atomic E-state index is 10.4. The van der Waals surface area contributed by atoms with Crippen LogP contribution in [0.5, 0.6) is 0 Å². The van der Waals surface area contributed by atoms with Gasteiger partial charge in [-0.2, -0.15) is 20.2 Å². The summed E-state index contributed by atoms with van der Waals surface area (Å²) in [5, 5.41) is 0.292. The van der Waals surface area contributed by atoms with E-state index in [-0.39, 0.29) is 0 Å². The molecule has 0 atom stereocenters. The lowest BCUT2D eigenvalue weighted by Gasteiger charge is -1.98. The van der Waals surface area contributed by atoms with Gasteiger partial charge in [0.25, 0.3) is 0 Å². The number of aliphatic imine (C=N–C) groups is 1. The van der Waals surface area contributed by atoms with E-state index in [9.17, 15) is 8.42 Å². The molecule has 0 aliphatic heterocycles. The topological polar surface area (TPSA) is 87.5 Å². The molecule has 0 bridgehead atoms. The van der Waals surface area contributed by atoms with Crippen molar-refractivity contribution in [2.45, 2.75) is 12.7 Å². The minimum Gasteiger partial charge on any atom is -0.348 e. The van der Waals surface area contributed by atoms with Gasteiger partial charge in [0.05, 0.1) is 18.6 Å². The summed E-state index contributed by atoms with van der Waals surface area (Å²) < 4.78 is 24.1. The first kappa shape index (κ1) is 15.3. The Hall–Kier alpha value is -0.800. The number of hydrogen-bond acceptors (Lipinski definition) is 6. The standard InChI is InChI=1S/C9H14N4O2S3/c1-7-8(12-6-11-7)5-17-4-3-10-9(16-2)13-18(14)15/h6H,3-5H2,1-2H3,(H,11,12). The molecule has 1 rings (SSSR count). The van der Waals surface area contributed by atoms with Gasteiger partial charge >= 0.3 is 10.5 Å². The molecule has 1 aromatic heterocycles. The number of aromatic amines is 1. The molecule has 0 aliphatic rings. The molecule has 18 heavy (non-hydrogen) atoms. The predicted molar refractivity (Wildman–Crippen MR) is 76.7 cm³/mol. The molecule has 0 unspecified atom stereocenters. The van der Waals surface area contributed by atoms with Crippen LogP contribution >= 0.6 is 23.5 Å². The van der Waals surface area contributed by atoms with Crippen LogP contribution in [0.1, 0.15) is 11.4 Å².